The lowest BCUT2D eigenvalue weighted by Crippen LogP contribution is -2.15. The highest BCUT2D eigenvalue weighted by Crippen LogP contribution is 2.34. The first-order valence-electron chi connectivity index (χ1n) is 6.62. The number of nitrogens with one attached hydrogen (secondary N) is 1. The summed E-state index contributed by atoms with van der Waals surface area (Å²) < 4.78 is 7.57. The Morgan fingerprint density at radius 2 is 2.10 bits per heavy atom. The van der Waals surface area contributed by atoms with E-state index in [1.54, 1.807) is 6.20 Å². The van der Waals surface area contributed by atoms with Crippen LogP contribution in [0.2, 0.25) is 5.02 Å². The molecule has 1 saturated carbocycles. The lowest BCUT2D eigenvalue weighted by molar-refractivity contribution is 0.459. The van der Waals surface area contributed by atoms with Gasteiger partial charge >= 0.3 is 0 Å². The maximum atomic E-state index is 6.25. The third kappa shape index (κ3) is 4.19. The van der Waals surface area contributed by atoms with Gasteiger partial charge in [-0.05, 0) is 58.6 Å². The van der Waals surface area contributed by atoms with E-state index in [-0.39, 0.29) is 0 Å². The van der Waals surface area contributed by atoms with Crippen molar-refractivity contribution in [3.05, 3.63) is 50.0 Å². The van der Waals surface area contributed by atoms with Crippen LogP contribution >= 0.6 is 43.5 Å². The lowest BCUT2D eigenvalue weighted by atomic mass is 10.3. The minimum Gasteiger partial charge on any atom is -0.436 e. The highest BCUT2D eigenvalue weighted by atomic mass is 79.9. The van der Waals surface area contributed by atoms with Crippen molar-refractivity contribution in [2.24, 2.45) is 0 Å². The Bertz CT molecular complexity index is 662. The molecule has 110 valence electrons. The number of pyridine rings is 1. The first-order valence-corrected chi connectivity index (χ1v) is 8.59. The molecule has 21 heavy (non-hydrogen) atoms. The maximum Gasteiger partial charge on any atom is 0.238 e. The number of hydrogen-bond donors (Lipinski definition) is 1. The van der Waals surface area contributed by atoms with Gasteiger partial charge in [0.2, 0.25) is 5.88 Å². The molecule has 1 N–H and O–H groups in total. The summed E-state index contributed by atoms with van der Waals surface area (Å²) in [4.78, 5) is 4.31. The molecular formula is C15H13Br2ClN2O. The standard InChI is InChI=1S/C15H13Br2ClN2O/c16-10-1-4-14(12(17)6-10)21-15-13(18)5-9(8-20-15)7-19-11-2-3-11/h1,4-6,8,11,19H,2-3,7H2. The van der Waals surface area contributed by atoms with Crippen molar-refractivity contribution in [1.82, 2.24) is 10.3 Å². The zero-order valence-corrected chi connectivity index (χ0v) is 15.0. The highest BCUT2D eigenvalue weighted by Gasteiger charge is 2.20. The van der Waals surface area contributed by atoms with Gasteiger partial charge < -0.3 is 10.1 Å². The summed E-state index contributed by atoms with van der Waals surface area (Å²) in [5, 5.41) is 3.95. The molecule has 0 radical (unpaired) electrons. The van der Waals surface area contributed by atoms with Gasteiger partial charge in [0.05, 0.1) is 4.47 Å². The summed E-state index contributed by atoms with van der Waals surface area (Å²) in [5.74, 6) is 1.09. The van der Waals surface area contributed by atoms with Crippen LogP contribution in [0.25, 0.3) is 0 Å². The molecule has 0 saturated heterocycles. The van der Waals surface area contributed by atoms with Crippen LogP contribution in [0, 0.1) is 0 Å². The molecule has 1 aromatic carbocycles. The summed E-state index contributed by atoms with van der Waals surface area (Å²) in [6.45, 7) is 0.791. The maximum absolute atomic E-state index is 6.25. The van der Waals surface area contributed by atoms with Crippen LogP contribution in [0.3, 0.4) is 0 Å². The third-order valence-electron chi connectivity index (χ3n) is 3.14. The van der Waals surface area contributed by atoms with Crippen molar-refractivity contribution in [3.63, 3.8) is 0 Å². The van der Waals surface area contributed by atoms with Crippen LogP contribution in [0.1, 0.15) is 18.4 Å². The average Bonchev–Trinajstić information content (AvgIpc) is 3.26. The summed E-state index contributed by atoms with van der Waals surface area (Å²) in [5.41, 5.74) is 1.06. The van der Waals surface area contributed by atoms with E-state index in [2.05, 4.69) is 42.2 Å². The Labute approximate surface area is 145 Å². The molecule has 6 heteroatoms. The van der Waals surface area contributed by atoms with Crippen molar-refractivity contribution in [2.45, 2.75) is 25.4 Å². The number of aromatic nitrogens is 1. The molecule has 1 aliphatic rings. The van der Waals surface area contributed by atoms with Gasteiger partial charge in [-0.1, -0.05) is 27.5 Å². The van der Waals surface area contributed by atoms with Crippen LogP contribution in [-0.4, -0.2) is 11.0 Å². The van der Waals surface area contributed by atoms with Crippen LogP contribution in [0.4, 0.5) is 0 Å². The van der Waals surface area contributed by atoms with E-state index in [0.29, 0.717) is 22.7 Å². The monoisotopic (exact) mass is 430 g/mol. The molecular weight excluding hydrogens is 419 g/mol. The van der Waals surface area contributed by atoms with E-state index in [4.69, 9.17) is 16.3 Å². The molecule has 3 rings (SSSR count). The van der Waals surface area contributed by atoms with Crippen molar-refractivity contribution in [1.29, 1.82) is 0 Å². The summed E-state index contributed by atoms with van der Waals surface area (Å²) in [7, 11) is 0. The van der Waals surface area contributed by atoms with E-state index >= 15 is 0 Å². The van der Waals surface area contributed by atoms with Gasteiger partial charge in [-0.3, -0.25) is 0 Å². The SMILES string of the molecule is Clc1cc(CNC2CC2)cnc1Oc1ccc(Br)cc1Br. The molecule has 0 atom stereocenters. The fourth-order valence-electron chi connectivity index (χ4n) is 1.85. The zero-order chi connectivity index (χ0) is 14.8. The van der Waals surface area contributed by atoms with E-state index in [0.717, 1.165) is 21.1 Å². The Hall–Kier alpha value is -0.620. The Morgan fingerprint density at radius 1 is 1.29 bits per heavy atom. The summed E-state index contributed by atoms with van der Waals surface area (Å²) in [6.07, 6.45) is 4.32. The molecule has 0 amide bonds. The second-order valence-electron chi connectivity index (χ2n) is 4.96. The predicted molar refractivity (Wildman–Crippen MR) is 91.0 cm³/mol. The third-order valence-corrected chi connectivity index (χ3v) is 4.52. The van der Waals surface area contributed by atoms with E-state index in [9.17, 15) is 0 Å². The van der Waals surface area contributed by atoms with Gasteiger partial charge in [-0.15, -0.1) is 0 Å². The van der Waals surface area contributed by atoms with Gasteiger partial charge in [0.1, 0.15) is 10.8 Å². The topological polar surface area (TPSA) is 34.2 Å². The lowest BCUT2D eigenvalue weighted by Gasteiger charge is -2.10. The minimum absolute atomic E-state index is 0.412. The number of nitrogens with zero attached hydrogens (tertiary/aromatic N) is 1. The van der Waals surface area contributed by atoms with Crippen molar-refractivity contribution >= 4 is 43.5 Å². The molecule has 3 nitrogen and oxygen atoms in total. The first-order chi connectivity index (χ1) is 10.1. The fourth-order valence-corrected chi connectivity index (χ4v) is 3.20. The molecule has 2 aromatic rings. The predicted octanol–water partition coefficient (Wildman–Crippen LogP) is 5.30. The molecule has 1 aliphatic carbocycles. The highest BCUT2D eigenvalue weighted by molar-refractivity contribution is 9.11. The van der Waals surface area contributed by atoms with Crippen LogP contribution in [0.15, 0.2) is 39.4 Å². The second kappa shape index (κ2) is 6.65. The first kappa shape index (κ1) is 15.3. The number of rotatable bonds is 5. The van der Waals surface area contributed by atoms with Crippen molar-refractivity contribution in [2.75, 3.05) is 0 Å². The number of halogens is 3. The molecule has 0 unspecified atom stereocenters. The Kier molecular flexibility index (Phi) is 4.84. The van der Waals surface area contributed by atoms with E-state index in [1.807, 2.05) is 24.3 Å². The van der Waals surface area contributed by atoms with Crippen LogP contribution < -0.4 is 10.1 Å². The molecule has 1 fully saturated rings. The molecule has 0 bridgehead atoms. The van der Waals surface area contributed by atoms with E-state index < -0.39 is 0 Å². The Balaban J connectivity index is 1.72. The minimum atomic E-state index is 0.412. The molecule has 0 aliphatic heterocycles. The van der Waals surface area contributed by atoms with E-state index in [1.165, 1.54) is 12.8 Å². The normalized spacial score (nSPS) is 14.2. The van der Waals surface area contributed by atoms with Crippen molar-refractivity contribution < 1.29 is 4.74 Å². The largest absolute Gasteiger partial charge is 0.436 e. The molecule has 1 aromatic heterocycles. The van der Waals surface area contributed by atoms with Gasteiger partial charge in [0, 0.05) is 23.3 Å². The molecule has 1 heterocycles. The van der Waals surface area contributed by atoms with Gasteiger partial charge in [-0.2, -0.15) is 0 Å². The van der Waals surface area contributed by atoms with Crippen LogP contribution in [0.5, 0.6) is 11.6 Å². The molecule has 0 spiro atoms. The fraction of sp³-hybridized carbons (Fsp3) is 0.267. The van der Waals surface area contributed by atoms with Gasteiger partial charge in [0.15, 0.2) is 0 Å². The average molecular weight is 433 g/mol. The number of hydrogen-bond acceptors (Lipinski definition) is 3. The second-order valence-corrected chi connectivity index (χ2v) is 7.14. The summed E-state index contributed by atoms with van der Waals surface area (Å²) in [6, 6.07) is 8.23. The smallest absolute Gasteiger partial charge is 0.238 e. The zero-order valence-electron chi connectivity index (χ0n) is 11.1. The van der Waals surface area contributed by atoms with Gasteiger partial charge in [-0.25, -0.2) is 4.98 Å². The quantitative estimate of drug-likeness (QED) is 0.696. The van der Waals surface area contributed by atoms with Crippen LogP contribution in [-0.2, 0) is 6.54 Å². The Morgan fingerprint density at radius 3 is 2.76 bits per heavy atom. The number of benzene rings is 1. The van der Waals surface area contributed by atoms with Gasteiger partial charge in [0.25, 0.3) is 0 Å². The van der Waals surface area contributed by atoms with Crippen molar-refractivity contribution in [3.8, 4) is 11.6 Å². The number of ether oxygens (including phenoxy) is 1. The summed E-state index contributed by atoms with van der Waals surface area (Å²) >= 11 is 13.1.